The maximum atomic E-state index is 12.4. The largest absolute Gasteiger partial charge is 0.418 e. The molecule has 1 rings (SSSR count). The molecule has 15 heavy (non-hydrogen) atoms. The minimum Gasteiger partial charge on any atom is -0.240 e. The lowest BCUT2D eigenvalue weighted by atomic mass is 10.1. The minimum absolute atomic E-state index is 0.119. The Kier molecular flexibility index (Phi) is 3.51. The quantitative estimate of drug-likeness (QED) is 0.430. The molecule has 0 aliphatic heterocycles. The van der Waals surface area contributed by atoms with Crippen LogP contribution in [-0.2, 0) is 6.18 Å². The predicted molar refractivity (Wildman–Crippen MR) is 51.6 cm³/mol. The van der Waals surface area contributed by atoms with E-state index in [1.807, 2.05) is 0 Å². The van der Waals surface area contributed by atoms with E-state index in [9.17, 15) is 22.0 Å². The van der Waals surface area contributed by atoms with Crippen LogP contribution in [0.5, 0.6) is 0 Å². The summed E-state index contributed by atoms with van der Waals surface area (Å²) in [6.07, 6.45) is -8.03. The molecule has 0 radical (unpaired) electrons. The first kappa shape index (κ1) is 12.6. The van der Waals surface area contributed by atoms with E-state index in [0.29, 0.717) is 0 Å². The molecular weight excluding hydrogens is 332 g/mol. The van der Waals surface area contributed by atoms with E-state index < -0.39 is 23.9 Å². The maximum absolute atomic E-state index is 12.4. The molecule has 0 spiro atoms. The second-order valence-corrected chi connectivity index (χ2v) is 3.93. The molecule has 1 nitrogen and oxygen atoms in total. The first-order chi connectivity index (χ1) is 6.73. The summed E-state index contributed by atoms with van der Waals surface area (Å²) < 4.78 is 62.1. The van der Waals surface area contributed by atoms with Gasteiger partial charge >= 0.3 is 6.18 Å². The number of pyridine rings is 1. The van der Waals surface area contributed by atoms with Gasteiger partial charge in [0, 0.05) is 0 Å². The number of halogens is 6. The van der Waals surface area contributed by atoms with Gasteiger partial charge in [-0.05, 0) is 41.1 Å². The zero-order chi connectivity index (χ0) is 11.8. The third-order valence-electron chi connectivity index (χ3n) is 1.70. The summed E-state index contributed by atoms with van der Waals surface area (Å²) >= 11 is 1.60. The number of hydrogen-bond acceptors (Lipinski definition) is 1. The van der Waals surface area contributed by atoms with Crippen LogP contribution < -0.4 is 0 Å². The first-order valence-electron chi connectivity index (χ1n) is 3.76. The fraction of sp³-hybridized carbons (Fsp3) is 0.375. The number of alkyl halides is 5. The lowest BCUT2D eigenvalue weighted by Crippen LogP contribution is -2.14. The van der Waals surface area contributed by atoms with Crippen molar-refractivity contribution in [2.24, 2.45) is 0 Å². The Morgan fingerprint density at radius 1 is 1.33 bits per heavy atom. The molecule has 0 amide bonds. The minimum atomic E-state index is -4.80. The van der Waals surface area contributed by atoms with Crippen molar-refractivity contribution in [3.05, 3.63) is 26.6 Å². The van der Waals surface area contributed by atoms with Crippen LogP contribution >= 0.6 is 22.6 Å². The van der Waals surface area contributed by atoms with E-state index in [-0.39, 0.29) is 9.26 Å². The Bertz CT molecular complexity index is 374. The number of nitrogens with zero attached hydrogens (tertiary/aromatic N) is 1. The zero-order valence-electron chi connectivity index (χ0n) is 7.37. The van der Waals surface area contributed by atoms with E-state index in [4.69, 9.17) is 0 Å². The van der Waals surface area contributed by atoms with Crippen molar-refractivity contribution in [3.63, 3.8) is 0 Å². The van der Waals surface area contributed by atoms with E-state index in [1.165, 1.54) is 0 Å². The molecule has 0 saturated heterocycles. The SMILES string of the molecule is Cc1cc(I)nc(C(F)F)c1C(F)(F)F. The summed E-state index contributed by atoms with van der Waals surface area (Å²) in [7, 11) is 0. The highest BCUT2D eigenvalue weighted by atomic mass is 127. The molecule has 1 aromatic heterocycles. The van der Waals surface area contributed by atoms with Gasteiger partial charge in [-0.25, -0.2) is 13.8 Å². The van der Waals surface area contributed by atoms with Crippen LogP contribution in [0, 0.1) is 10.6 Å². The number of hydrogen-bond donors (Lipinski definition) is 0. The highest BCUT2D eigenvalue weighted by molar-refractivity contribution is 14.1. The third-order valence-corrected chi connectivity index (χ3v) is 2.26. The Labute approximate surface area is 95.8 Å². The van der Waals surface area contributed by atoms with Crippen LogP contribution in [0.4, 0.5) is 22.0 Å². The number of aromatic nitrogens is 1. The summed E-state index contributed by atoms with van der Waals surface area (Å²) in [6, 6.07) is 1.12. The fourth-order valence-electron chi connectivity index (χ4n) is 1.18. The van der Waals surface area contributed by atoms with Crippen molar-refractivity contribution < 1.29 is 22.0 Å². The van der Waals surface area contributed by atoms with Gasteiger partial charge in [-0.15, -0.1) is 0 Å². The molecule has 1 heterocycles. The molecule has 7 heteroatoms. The van der Waals surface area contributed by atoms with Crippen LogP contribution in [0.2, 0.25) is 0 Å². The van der Waals surface area contributed by atoms with Crippen molar-refractivity contribution in [3.8, 4) is 0 Å². The predicted octanol–water partition coefficient (Wildman–Crippen LogP) is 3.95. The van der Waals surface area contributed by atoms with Gasteiger partial charge in [0.25, 0.3) is 6.43 Å². The van der Waals surface area contributed by atoms with Crippen LogP contribution in [0.15, 0.2) is 6.07 Å². The van der Waals surface area contributed by atoms with Gasteiger partial charge in [-0.2, -0.15) is 13.2 Å². The zero-order valence-corrected chi connectivity index (χ0v) is 9.53. The van der Waals surface area contributed by atoms with Crippen LogP contribution in [0.1, 0.15) is 23.2 Å². The highest BCUT2D eigenvalue weighted by Crippen LogP contribution is 2.37. The van der Waals surface area contributed by atoms with Gasteiger partial charge in [0.05, 0.1) is 5.56 Å². The second kappa shape index (κ2) is 4.18. The summed E-state index contributed by atoms with van der Waals surface area (Å²) in [4.78, 5) is 3.22. The molecule has 0 unspecified atom stereocenters. The topological polar surface area (TPSA) is 12.9 Å². The highest BCUT2D eigenvalue weighted by Gasteiger charge is 2.38. The third kappa shape index (κ3) is 2.76. The van der Waals surface area contributed by atoms with Gasteiger partial charge in [-0.1, -0.05) is 0 Å². The second-order valence-electron chi connectivity index (χ2n) is 2.82. The average Bonchev–Trinajstić information content (AvgIpc) is 1.99. The lowest BCUT2D eigenvalue weighted by Gasteiger charge is -2.14. The van der Waals surface area contributed by atoms with Crippen LogP contribution in [0.3, 0.4) is 0 Å². The Morgan fingerprint density at radius 3 is 2.27 bits per heavy atom. The van der Waals surface area contributed by atoms with Crippen molar-refractivity contribution in [1.82, 2.24) is 4.98 Å². The molecule has 0 aliphatic carbocycles. The summed E-state index contributed by atoms with van der Waals surface area (Å²) in [6.45, 7) is 1.14. The smallest absolute Gasteiger partial charge is 0.240 e. The fourth-order valence-corrected chi connectivity index (χ4v) is 1.91. The van der Waals surface area contributed by atoms with E-state index >= 15 is 0 Å². The standard InChI is InChI=1S/C8H5F5IN/c1-3-2-4(14)15-6(7(9)10)5(3)8(11,12)13/h2,7H,1H3. The normalized spacial score (nSPS) is 12.3. The van der Waals surface area contributed by atoms with Crippen LogP contribution in [-0.4, -0.2) is 4.98 Å². The molecule has 0 fully saturated rings. The first-order valence-corrected chi connectivity index (χ1v) is 4.83. The van der Waals surface area contributed by atoms with Gasteiger partial charge in [0.2, 0.25) is 0 Å². The molecule has 84 valence electrons. The maximum Gasteiger partial charge on any atom is 0.418 e. The molecule has 0 atom stereocenters. The molecule has 0 N–H and O–H groups in total. The Morgan fingerprint density at radius 2 is 1.87 bits per heavy atom. The van der Waals surface area contributed by atoms with Gasteiger partial charge < -0.3 is 0 Å². The number of aryl methyl sites for hydroxylation is 1. The van der Waals surface area contributed by atoms with E-state index in [2.05, 4.69) is 4.98 Å². The molecule has 0 bridgehead atoms. The molecule has 0 saturated carbocycles. The van der Waals surface area contributed by atoms with E-state index in [0.717, 1.165) is 13.0 Å². The number of rotatable bonds is 1. The van der Waals surface area contributed by atoms with Crippen molar-refractivity contribution in [2.75, 3.05) is 0 Å². The van der Waals surface area contributed by atoms with Crippen molar-refractivity contribution in [2.45, 2.75) is 19.5 Å². The molecule has 1 aromatic rings. The molecular formula is C8H5F5IN. The van der Waals surface area contributed by atoms with Gasteiger partial charge in [0.1, 0.15) is 9.39 Å². The Balaban J connectivity index is 3.48. The van der Waals surface area contributed by atoms with Crippen molar-refractivity contribution >= 4 is 22.6 Å². The van der Waals surface area contributed by atoms with E-state index in [1.54, 1.807) is 22.6 Å². The van der Waals surface area contributed by atoms with Crippen molar-refractivity contribution in [1.29, 1.82) is 0 Å². The summed E-state index contributed by atoms with van der Waals surface area (Å²) in [5.41, 5.74) is -2.78. The lowest BCUT2D eigenvalue weighted by molar-refractivity contribution is -0.140. The Hall–Kier alpha value is -0.470. The summed E-state index contributed by atoms with van der Waals surface area (Å²) in [5.74, 6) is 0. The van der Waals surface area contributed by atoms with Crippen LogP contribution in [0.25, 0.3) is 0 Å². The average molecular weight is 337 g/mol. The molecule has 0 aromatic carbocycles. The van der Waals surface area contributed by atoms with Gasteiger partial charge in [-0.3, -0.25) is 0 Å². The van der Waals surface area contributed by atoms with Gasteiger partial charge in [0.15, 0.2) is 0 Å². The summed E-state index contributed by atoms with van der Waals surface area (Å²) in [5, 5.41) is 0. The molecule has 0 aliphatic rings. The monoisotopic (exact) mass is 337 g/mol.